The Bertz CT molecular complexity index is 597. The van der Waals surface area contributed by atoms with Crippen LogP contribution < -0.4 is 11.1 Å². The Kier molecular flexibility index (Phi) is 5.00. The number of nitrogens with one attached hydrogen (secondary N) is 1. The highest BCUT2D eigenvalue weighted by Gasteiger charge is 2.20. The summed E-state index contributed by atoms with van der Waals surface area (Å²) in [6, 6.07) is 12.8. The number of para-hydroxylation sites is 1. The zero-order chi connectivity index (χ0) is 15.2. The van der Waals surface area contributed by atoms with E-state index in [1.165, 1.54) is 6.07 Å². The number of amides is 1. The molecule has 0 radical (unpaired) electrons. The molecule has 0 aliphatic rings. The summed E-state index contributed by atoms with van der Waals surface area (Å²) < 4.78 is 27.0. The van der Waals surface area contributed by atoms with E-state index in [1.54, 1.807) is 0 Å². The molecule has 0 spiro atoms. The highest BCUT2D eigenvalue weighted by atomic mass is 19.1. The number of carbonyl (C=O) groups is 1. The van der Waals surface area contributed by atoms with Crippen molar-refractivity contribution < 1.29 is 13.6 Å². The van der Waals surface area contributed by atoms with Gasteiger partial charge in [-0.2, -0.15) is 0 Å². The predicted octanol–water partition coefficient (Wildman–Crippen LogP) is 2.72. The number of hydrogen-bond donors (Lipinski definition) is 2. The van der Waals surface area contributed by atoms with E-state index in [9.17, 15) is 13.6 Å². The molecule has 21 heavy (non-hydrogen) atoms. The highest BCUT2D eigenvalue weighted by Crippen LogP contribution is 2.19. The van der Waals surface area contributed by atoms with Crippen molar-refractivity contribution in [2.24, 2.45) is 11.7 Å². The van der Waals surface area contributed by atoms with Crippen molar-refractivity contribution in [3.63, 3.8) is 0 Å². The lowest BCUT2D eigenvalue weighted by atomic mass is 9.98. The summed E-state index contributed by atoms with van der Waals surface area (Å²) >= 11 is 0. The first-order valence-electron chi connectivity index (χ1n) is 6.60. The quantitative estimate of drug-likeness (QED) is 0.889. The maximum Gasteiger partial charge on any atom is 0.229 e. The van der Waals surface area contributed by atoms with Crippen molar-refractivity contribution in [1.29, 1.82) is 0 Å². The molecule has 0 aromatic heterocycles. The third-order valence-electron chi connectivity index (χ3n) is 3.19. The van der Waals surface area contributed by atoms with Crippen LogP contribution in [0.3, 0.4) is 0 Å². The highest BCUT2D eigenvalue weighted by molar-refractivity contribution is 5.93. The van der Waals surface area contributed by atoms with E-state index >= 15 is 0 Å². The SMILES string of the molecule is NCC(Cc1ccccc1)C(=O)Nc1c(F)cccc1F. The predicted molar refractivity (Wildman–Crippen MR) is 77.7 cm³/mol. The molecule has 0 heterocycles. The molecular weight excluding hydrogens is 274 g/mol. The van der Waals surface area contributed by atoms with Gasteiger partial charge < -0.3 is 11.1 Å². The summed E-state index contributed by atoms with van der Waals surface area (Å²) in [4.78, 5) is 12.1. The Balaban J connectivity index is 2.10. The number of rotatable bonds is 5. The Morgan fingerprint density at radius 3 is 2.24 bits per heavy atom. The van der Waals surface area contributed by atoms with Crippen LogP contribution in [0.2, 0.25) is 0 Å². The Morgan fingerprint density at radius 1 is 1.05 bits per heavy atom. The first kappa shape index (κ1) is 15.1. The van der Waals surface area contributed by atoms with Crippen LogP contribution in [-0.2, 0) is 11.2 Å². The number of carbonyl (C=O) groups excluding carboxylic acids is 1. The molecule has 2 aromatic carbocycles. The van der Waals surface area contributed by atoms with Crippen LogP contribution in [0.5, 0.6) is 0 Å². The van der Waals surface area contributed by atoms with Crippen LogP contribution in [0.15, 0.2) is 48.5 Å². The monoisotopic (exact) mass is 290 g/mol. The second-order valence-electron chi connectivity index (χ2n) is 4.71. The molecule has 1 unspecified atom stereocenters. The van der Waals surface area contributed by atoms with Gasteiger partial charge in [-0.1, -0.05) is 36.4 Å². The molecule has 3 N–H and O–H groups in total. The van der Waals surface area contributed by atoms with Crippen LogP contribution >= 0.6 is 0 Å². The standard InChI is InChI=1S/C16H16F2N2O/c17-13-7-4-8-14(18)15(13)20-16(21)12(10-19)9-11-5-2-1-3-6-11/h1-8,12H,9-10,19H2,(H,20,21). The Morgan fingerprint density at radius 2 is 1.67 bits per heavy atom. The summed E-state index contributed by atoms with van der Waals surface area (Å²) in [6.07, 6.45) is 0.416. The fraction of sp³-hybridized carbons (Fsp3) is 0.188. The number of hydrogen-bond acceptors (Lipinski definition) is 2. The molecule has 1 amide bonds. The molecule has 110 valence electrons. The summed E-state index contributed by atoms with van der Waals surface area (Å²) in [6.45, 7) is 0.0940. The van der Waals surface area contributed by atoms with Gasteiger partial charge in [0.1, 0.15) is 17.3 Å². The Hall–Kier alpha value is -2.27. The van der Waals surface area contributed by atoms with Gasteiger partial charge >= 0.3 is 0 Å². The molecule has 0 aliphatic heterocycles. The molecule has 5 heteroatoms. The fourth-order valence-corrected chi connectivity index (χ4v) is 2.02. The van der Waals surface area contributed by atoms with Gasteiger partial charge in [0.25, 0.3) is 0 Å². The molecule has 2 rings (SSSR count). The van der Waals surface area contributed by atoms with Gasteiger partial charge in [0.15, 0.2) is 0 Å². The smallest absolute Gasteiger partial charge is 0.229 e. The van der Waals surface area contributed by atoms with Crippen molar-refractivity contribution in [2.45, 2.75) is 6.42 Å². The van der Waals surface area contributed by atoms with Crippen LogP contribution in [0.4, 0.5) is 14.5 Å². The minimum absolute atomic E-state index is 0.0940. The van der Waals surface area contributed by atoms with Crippen molar-refractivity contribution in [1.82, 2.24) is 0 Å². The largest absolute Gasteiger partial charge is 0.330 e. The van der Waals surface area contributed by atoms with E-state index in [1.807, 2.05) is 30.3 Å². The number of nitrogens with two attached hydrogens (primary N) is 1. The lowest BCUT2D eigenvalue weighted by Gasteiger charge is -2.15. The van der Waals surface area contributed by atoms with Crippen molar-refractivity contribution in [3.8, 4) is 0 Å². The van der Waals surface area contributed by atoms with Crippen LogP contribution in [0.1, 0.15) is 5.56 Å². The van der Waals surface area contributed by atoms with Gasteiger partial charge in [0.05, 0.1) is 5.92 Å². The molecule has 3 nitrogen and oxygen atoms in total. The maximum atomic E-state index is 13.5. The maximum absolute atomic E-state index is 13.5. The normalized spacial score (nSPS) is 12.0. The van der Waals surface area contributed by atoms with Gasteiger partial charge in [-0.15, -0.1) is 0 Å². The third-order valence-corrected chi connectivity index (χ3v) is 3.19. The molecule has 0 saturated carbocycles. The molecule has 0 bridgehead atoms. The zero-order valence-corrected chi connectivity index (χ0v) is 11.4. The lowest BCUT2D eigenvalue weighted by molar-refractivity contribution is -0.119. The van der Waals surface area contributed by atoms with E-state index in [0.29, 0.717) is 6.42 Å². The average molecular weight is 290 g/mol. The molecule has 1 atom stereocenters. The van der Waals surface area contributed by atoms with Crippen molar-refractivity contribution in [3.05, 3.63) is 65.7 Å². The summed E-state index contributed by atoms with van der Waals surface area (Å²) in [5.74, 6) is -2.66. The summed E-state index contributed by atoms with van der Waals surface area (Å²) in [7, 11) is 0. The van der Waals surface area contributed by atoms with Gasteiger partial charge in [-0.05, 0) is 24.1 Å². The number of halogens is 2. The Labute approximate surface area is 121 Å². The summed E-state index contributed by atoms with van der Waals surface area (Å²) in [5.41, 5.74) is 6.11. The minimum Gasteiger partial charge on any atom is -0.330 e. The van der Waals surface area contributed by atoms with Gasteiger partial charge in [-0.25, -0.2) is 8.78 Å². The first-order chi connectivity index (χ1) is 10.1. The third kappa shape index (κ3) is 3.86. The van der Waals surface area contributed by atoms with Crippen molar-refractivity contribution >= 4 is 11.6 Å². The zero-order valence-electron chi connectivity index (χ0n) is 11.4. The van der Waals surface area contributed by atoms with Crippen LogP contribution in [0, 0.1) is 17.6 Å². The van der Waals surface area contributed by atoms with Crippen LogP contribution in [0.25, 0.3) is 0 Å². The molecular formula is C16H16F2N2O. The minimum atomic E-state index is -0.807. The van der Waals surface area contributed by atoms with Crippen molar-refractivity contribution in [2.75, 3.05) is 11.9 Å². The average Bonchev–Trinajstić information content (AvgIpc) is 2.49. The molecule has 0 aliphatic carbocycles. The van der Waals surface area contributed by atoms with Crippen LogP contribution in [-0.4, -0.2) is 12.5 Å². The van der Waals surface area contributed by atoms with Gasteiger partial charge in [0.2, 0.25) is 5.91 Å². The fourth-order valence-electron chi connectivity index (χ4n) is 2.02. The molecule has 0 saturated heterocycles. The van der Waals surface area contributed by atoms with Gasteiger partial charge in [0, 0.05) is 6.54 Å². The topological polar surface area (TPSA) is 55.1 Å². The van der Waals surface area contributed by atoms with E-state index in [4.69, 9.17) is 5.73 Å². The number of anilines is 1. The number of benzene rings is 2. The first-order valence-corrected chi connectivity index (χ1v) is 6.60. The van der Waals surface area contributed by atoms with E-state index in [2.05, 4.69) is 5.32 Å². The van der Waals surface area contributed by atoms with E-state index < -0.39 is 29.1 Å². The molecule has 0 fully saturated rings. The van der Waals surface area contributed by atoms with E-state index in [-0.39, 0.29) is 6.54 Å². The second kappa shape index (κ2) is 6.95. The lowest BCUT2D eigenvalue weighted by Crippen LogP contribution is -2.31. The summed E-state index contributed by atoms with van der Waals surface area (Å²) in [5, 5.41) is 2.28. The van der Waals surface area contributed by atoms with Gasteiger partial charge in [-0.3, -0.25) is 4.79 Å². The van der Waals surface area contributed by atoms with E-state index in [0.717, 1.165) is 17.7 Å². The molecule has 2 aromatic rings. The second-order valence-corrected chi connectivity index (χ2v) is 4.71.